The number of hydrogen-bond donors (Lipinski definition) is 3. The molecule has 0 fully saturated rings. The molecule has 0 bridgehead atoms. The highest BCUT2D eigenvalue weighted by Crippen LogP contribution is 2.45. The molecule has 0 aliphatic heterocycles. The lowest BCUT2D eigenvalue weighted by Crippen LogP contribution is -2.30. The number of carbonyl (C=O) groups is 4. The molecule has 0 rings (SSSR count). The van der Waals surface area contributed by atoms with Gasteiger partial charge in [-0.25, -0.2) is 9.13 Å². The molecule has 0 saturated heterocycles. The van der Waals surface area contributed by atoms with Crippen molar-refractivity contribution in [1.29, 1.82) is 0 Å². The number of phosphoric ester groups is 2. The van der Waals surface area contributed by atoms with Gasteiger partial charge in [0.2, 0.25) is 0 Å². The van der Waals surface area contributed by atoms with E-state index < -0.39 is 97.5 Å². The van der Waals surface area contributed by atoms with Crippen LogP contribution in [0, 0.1) is 0 Å². The summed E-state index contributed by atoms with van der Waals surface area (Å²) < 4.78 is 68.4. The Morgan fingerprint density at radius 2 is 0.440 bits per heavy atom. The molecular formula is C72H140O17P2. The lowest BCUT2D eigenvalue weighted by molar-refractivity contribution is -0.161. The molecule has 0 saturated carbocycles. The quantitative estimate of drug-likeness (QED) is 0.0222. The molecule has 2 unspecified atom stereocenters. The first-order valence-corrected chi connectivity index (χ1v) is 40.8. The van der Waals surface area contributed by atoms with Crippen molar-refractivity contribution >= 4 is 39.5 Å². The molecule has 17 nitrogen and oxygen atoms in total. The second-order valence-corrected chi connectivity index (χ2v) is 28.9. The van der Waals surface area contributed by atoms with E-state index in [1.54, 1.807) is 0 Å². The Kier molecular flexibility index (Phi) is 65.2. The minimum atomic E-state index is -4.95. The summed E-state index contributed by atoms with van der Waals surface area (Å²) in [5, 5.41) is 10.6. The van der Waals surface area contributed by atoms with Crippen LogP contribution in [0.1, 0.15) is 381 Å². The van der Waals surface area contributed by atoms with Crippen LogP contribution >= 0.6 is 15.6 Å². The topological polar surface area (TPSA) is 237 Å². The summed E-state index contributed by atoms with van der Waals surface area (Å²) in [5.74, 6) is -2.11. The van der Waals surface area contributed by atoms with Gasteiger partial charge in [-0.2, -0.15) is 0 Å². The minimum absolute atomic E-state index is 0.108. The third-order valence-corrected chi connectivity index (χ3v) is 18.8. The van der Waals surface area contributed by atoms with Crippen molar-refractivity contribution in [3.8, 4) is 0 Å². The van der Waals surface area contributed by atoms with Gasteiger partial charge in [-0.05, 0) is 25.7 Å². The van der Waals surface area contributed by atoms with E-state index in [4.69, 9.17) is 37.0 Å². The Hall–Kier alpha value is -1.94. The number of ether oxygens (including phenoxy) is 4. The van der Waals surface area contributed by atoms with Gasteiger partial charge in [-0.1, -0.05) is 329 Å². The van der Waals surface area contributed by atoms with Crippen molar-refractivity contribution in [2.45, 2.75) is 399 Å². The molecule has 0 amide bonds. The Labute approximate surface area is 556 Å². The van der Waals surface area contributed by atoms with Crippen molar-refractivity contribution < 1.29 is 80.2 Å². The molecule has 91 heavy (non-hydrogen) atoms. The summed E-state index contributed by atoms with van der Waals surface area (Å²) in [4.78, 5) is 72.6. The number of rotatable bonds is 73. The predicted molar refractivity (Wildman–Crippen MR) is 368 cm³/mol. The van der Waals surface area contributed by atoms with Crippen LogP contribution in [-0.4, -0.2) is 96.7 Å². The molecule has 3 N–H and O–H groups in total. The fraction of sp³-hybridized carbons (Fsp3) is 0.944. The highest BCUT2D eigenvalue weighted by Gasteiger charge is 2.30. The van der Waals surface area contributed by atoms with Gasteiger partial charge in [-0.15, -0.1) is 0 Å². The first-order chi connectivity index (χ1) is 44.2. The van der Waals surface area contributed by atoms with Gasteiger partial charge < -0.3 is 33.8 Å². The zero-order chi connectivity index (χ0) is 66.8. The SMILES string of the molecule is CCCCCCCCCCCCCCCCCC(=O)O[C@H](COC(=O)CCCCCCCCCCCCCCCC)COP(=O)(O)OC[C@@H](O)COP(=O)(O)OC[C@@H](COC(=O)CCCCCCCCCCCCC)OC(=O)CCCCCCCCCCCCC. The van der Waals surface area contributed by atoms with E-state index in [-0.39, 0.29) is 25.7 Å². The van der Waals surface area contributed by atoms with Gasteiger partial charge in [0.25, 0.3) is 0 Å². The van der Waals surface area contributed by atoms with E-state index in [0.29, 0.717) is 25.7 Å². The van der Waals surface area contributed by atoms with Gasteiger partial charge in [0.15, 0.2) is 12.2 Å². The van der Waals surface area contributed by atoms with Crippen molar-refractivity contribution in [2.24, 2.45) is 0 Å². The summed E-state index contributed by atoms with van der Waals surface area (Å²) in [7, 11) is -9.90. The number of phosphoric acid groups is 2. The molecule has 0 radical (unpaired) electrons. The van der Waals surface area contributed by atoms with Crippen molar-refractivity contribution in [2.75, 3.05) is 39.6 Å². The van der Waals surface area contributed by atoms with Crippen LogP contribution in [0.4, 0.5) is 0 Å². The molecule has 19 heteroatoms. The summed E-state index contributed by atoms with van der Waals surface area (Å²) in [6, 6.07) is 0. The Morgan fingerprint density at radius 1 is 0.264 bits per heavy atom. The van der Waals surface area contributed by atoms with E-state index in [2.05, 4.69) is 27.7 Å². The second-order valence-electron chi connectivity index (χ2n) is 26.0. The number of hydrogen-bond acceptors (Lipinski definition) is 15. The second kappa shape index (κ2) is 66.7. The number of carbonyl (C=O) groups excluding carboxylic acids is 4. The Balaban J connectivity index is 5.24. The summed E-state index contributed by atoms with van der Waals surface area (Å²) in [5.41, 5.74) is 0. The van der Waals surface area contributed by atoms with Crippen molar-refractivity contribution in [1.82, 2.24) is 0 Å². The monoisotopic (exact) mass is 1340 g/mol. The van der Waals surface area contributed by atoms with Gasteiger partial charge >= 0.3 is 39.5 Å². The number of aliphatic hydroxyl groups is 1. The van der Waals surface area contributed by atoms with Crippen LogP contribution in [0.25, 0.3) is 0 Å². The van der Waals surface area contributed by atoms with Gasteiger partial charge in [0.1, 0.15) is 19.3 Å². The number of unbranched alkanes of at least 4 members (excludes halogenated alkanes) is 47. The van der Waals surface area contributed by atoms with Gasteiger partial charge in [0.05, 0.1) is 26.4 Å². The molecule has 0 spiro atoms. The summed E-state index contributed by atoms with van der Waals surface area (Å²) >= 11 is 0. The summed E-state index contributed by atoms with van der Waals surface area (Å²) in [6.45, 7) is 4.96. The maximum atomic E-state index is 13.0. The average Bonchev–Trinajstić information content (AvgIpc) is 3.73. The highest BCUT2D eigenvalue weighted by atomic mass is 31.2. The number of esters is 4. The average molecular weight is 1340 g/mol. The largest absolute Gasteiger partial charge is 0.472 e. The molecule has 0 heterocycles. The first kappa shape index (κ1) is 89.1. The molecule has 540 valence electrons. The van der Waals surface area contributed by atoms with Crippen LogP contribution in [0.5, 0.6) is 0 Å². The molecule has 0 aliphatic rings. The van der Waals surface area contributed by atoms with Crippen LogP contribution in [0.3, 0.4) is 0 Å². The van der Waals surface area contributed by atoms with Crippen LogP contribution in [-0.2, 0) is 65.4 Å². The van der Waals surface area contributed by atoms with Crippen LogP contribution in [0.2, 0.25) is 0 Å². The fourth-order valence-corrected chi connectivity index (χ4v) is 12.6. The first-order valence-electron chi connectivity index (χ1n) is 37.8. The van der Waals surface area contributed by atoms with Crippen molar-refractivity contribution in [3.63, 3.8) is 0 Å². The van der Waals surface area contributed by atoms with Crippen molar-refractivity contribution in [3.05, 3.63) is 0 Å². The highest BCUT2D eigenvalue weighted by molar-refractivity contribution is 7.47. The van der Waals surface area contributed by atoms with Gasteiger partial charge in [0, 0.05) is 25.7 Å². The lowest BCUT2D eigenvalue weighted by atomic mass is 10.0. The molecular weight excluding hydrogens is 1200 g/mol. The molecule has 0 aromatic rings. The van der Waals surface area contributed by atoms with E-state index in [1.807, 2.05) is 0 Å². The molecule has 0 aliphatic carbocycles. The standard InChI is InChI=1S/C72H140O17P2/c1-5-9-13-17-21-25-29-31-33-35-39-43-47-51-55-59-72(77)89-68(63-83-70(75)57-53-49-45-41-38-34-32-30-26-22-18-14-10-6-2)65-87-91(80,81)85-61-66(73)60-84-90(78,79)86-64-67(88-71(76)58-54-50-46-42-37-28-24-20-16-12-8-4)62-82-69(74)56-52-48-44-40-36-27-23-19-15-11-7-3/h66-68,73H,5-65H2,1-4H3,(H,78,79)(H,80,81)/t66-,67+,68+/m0/s1. The molecule has 0 aromatic heterocycles. The minimum Gasteiger partial charge on any atom is -0.462 e. The normalized spacial score (nSPS) is 14.0. The van der Waals surface area contributed by atoms with E-state index in [1.165, 1.54) is 212 Å². The fourth-order valence-electron chi connectivity index (χ4n) is 11.0. The Bertz CT molecular complexity index is 1740. The van der Waals surface area contributed by atoms with Gasteiger partial charge in [-0.3, -0.25) is 37.3 Å². The van der Waals surface area contributed by atoms with E-state index >= 15 is 0 Å². The molecule has 0 aromatic carbocycles. The Morgan fingerprint density at radius 3 is 0.648 bits per heavy atom. The summed E-state index contributed by atoms with van der Waals surface area (Å²) in [6.07, 6.45) is 55.2. The zero-order valence-electron chi connectivity index (χ0n) is 58.8. The number of aliphatic hydroxyl groups excluding tert-OH is 1. The maximum Gasteiger partial charge on any atom is 0.472 e. The zero-order valence-corrected chi connectivity index (χ0v) is 60.6. The van der Waals surface area contributed by atoms with E-state index in [0.717, 1.165) is 89.9 Å². The van der Waals surface area contributed by atoms with E-state index in [9.17, 15) is 43.2 Å². The molecule has 5 atom stereocenters. The third-order valence-electron chi connectivity index (χ3n) is 16.9. The maximum absolute atomic E-state index is 13.0. The third kappa shape index (κ3) is 66.5. The lowest BCUT2D eigenvalue weighted by Gasteiger charge is -2.21. The smallest absolute Gasteiger partial charge is 0.462 e. The van der Waals surface area contributed by atoms with Crippen LogP contribution in [0.15, 0.2) is 0 Å². The predicted octanol–water partition coefficient (Wildman–Crippen LogP) is 21.1. The van der Waals surface area contributed by atoms with Crippen LogP contribution < -0.4 is 0 Å².